The van der Waals surface area contributed by atoms with E-state index in [1.807, 2.05) is 31.2 Å². The standard InChI is InChI=1S/C24H23ClINO6S/c1-4-31-19-10-15(9-18(26)22(19)32-13-16-7-5-6-8-17(16)25)11-20-23(29)27(24(30)34-20)12-21(28)33-14(2)3/h5-11,14H,4,12-13H2,1-3H3/b20-11+. The lowest BCUT2D eigenvalue weighted by molar-refractivity contribution is -0.149. The van der Waals surface area contributed by atoms with Crippen LogP contribution in [0.5, 0.6) is 11.5 Å². The van der Waals surface area contributed by atoms with Crippen LogP contribution in [-0.4, -0.2) is 41.3 Å². The van der Waals surface area contributed by atoms with Crippen molar-refractivity contribution >= 4 is 69.1 Å². The van der Waals surface area contributed by atoms with Crippen LogP contribution in [0.2, 0.25) is 5.02 Å². The third-order valence-electron chi connectivity index (χ3n) is 4.49. The number of benzene rings is 2. The molecule has 0 atom stereocenters. The predicted octanol–water partition coefficient (Wildman–Crippen LogP) is 5.91. The molecule has 0 radical (unpaired) electrons. The van der Waals surface area contributed by atoms with E-state index in [1.165, 1.54) is 0 Å². The summed E-state index contributed by atoms with van der Waals surface area (Å²) in [7, 11) is 0. The fraction of sp³-hybridized carbons (Fsp3) is 0.292. The summed E-state index contributed by atoms with van der Waals surface area (Å²) < 4.78 is 17.6. The molecule has 2 aromatic rings. The van der Waals surface area contributed by atoms with Crippen LogP contribution in [-0.2, 0) is 20.9 Å². The summed E-state index contributed by atoms with van der Waals surface area (Å²) in [6, 6.07) is 11.0. The van der Waals surface area contributed by atoms with Crippen LogP contribution < -0.4 is 9.47 Å². The summed E-state index contributed by atoms with van der Waals surface area (Å²) in [5.41, 5.74) is 1.50. The molecule has 2 aromatic carbocycles. The average Bonchev–Trinajstić information content (AvgIpc) is 3.01. The Labute approximate surface area is 220 Å². The maximum Gasteiger partial charge on any atom is 0.326 e. The van der Waals surface area contributed by atoms with Gasteiger partial charge in [0.25, 0.3) is 11.1 Å². The van der Waals surface area contributed by atoms with E-state index in [-0.39, 0.29) is 17.6 Å². The molecule has 0 spiro atoms. The van der Waals surface area contributed by atoms with E-state index in [0.717, 1.165) is 25.8 Å². The van der Waals surface area contributed by atoms with Gasteiger partial charge in [-0.05, 0) is 85.0 Å². The first-order valence-electron chi connectivity index (χ1n) is 10.5. The predicted molar refractivity (Wildman–Crippen MR) is 140 cm³/mol. The van der Waals surface area contributed by atoms with Crippen molar-refractivity contribution in [2.45, 2.75) is 33.5 Å². The zero-order chi connectivity index (χ0) is 24.8. The fourth-order valence-electron chi connectivity index (χ4n) is 3.06. The fourth-order valence-corrected chi connectivity index (χ4v) is 4.87. The Bertz CT molecular complexity index is 1140. The Hall–Kier alpha value is -2.24. The second-order valence-electron chi connectivity index (χ2n) is 7.45. The molecule has 1 heterocycles. The van der Waals surface area contributed by atoms with Crippen molar-refractivity contribution in [2.24, 2.45) is 0 Å². The number of carbonyl (C=O) groups excluding carboxylic acids is 3. The smallest absolute Gasteiger partial charge is 0.326 e. The first kappa shape index (κ1) is 26.4. The Kier molecular flexibility index (Phi) is 9.26. The molecule has 1 aliphatic rings. The van der Waals surface area contributed by atoms with E-state index in [1.54, 1.807) is 32.1 Å². The average molecular weight is 616 g/mol. The zero-order valence-corrected chi connectivity index (χ0v) is 22.5. The van der Waals surface area contributed by atoms with Gasteiger partial charge < -0.3 is 14.2 Å². The van der Waals surface area contributed by atoms with Crippen molar-refractivity contribution in [3.63, 3.8) is 0 Å². The molecule has 0 bridgehead atoms. The number of esters is 1. The van der Waals surface area contributed by atoms with E-state index in [0.29, 0.717) is 28.7 Å². The largest absolute Gasteiger partial charge is 0.490 e. The van der Waals surface area contributed by atoms with Gasteiger partial charge in [-0.1, -0.05) is 29.8 Å². The molecule has 0 aliphatic carbocycles. The van der Waals surface area contributed by atoms with Crippen LogP contribution in [0.3, 0.4) is 0 Å². The number of rotatable bonds is 9. The minimum absolute atomic E-state index is 0.213. The zero-order valence-electron chi connectivity index (χ0n) is 18.8. The SMILES string of the molecule is CCOc1cc(/C=C2/SC(=O)N(CC(=O)OC(C)C)C2=O)cc(I)c1OCc1ccccc1Cl. The Morgan fingerprint density at radius 2 is 1.94 bits per heavy atom. The number of thioether (sulfide) groups is 1. The maximum absolute atomic E-state index is 12.7. The van der Waals surface area contributed by atoms with Gasteiger partial charge in [-0.15, -0.1) is 0 Å². The molecule has 2 amide bonds. The van der Waals surface area contributed by atoms with E-state index >= 15 is 0 Å². The molecule has 0 saturated carbocycles. The van der Waals surface area contributed by atoms with Crippen molar-refractivity contribution in [2.75, 3.05) is 13.2 Å². The van der Waals surface area contributed by atoms with Crippen LogP contribution in [0.4, 0.5) is 4.79 Å². The number of imide groups is 1. The van der Waals surface area contributed by atoms with Crippen LogP contribution >= 0.6 is 46.0 Å². The topological polar surface area (TPSA) is 82.1 Å². The lowest BCUT2D eigenvalue weighted by Gasteiger charge is -2.15. The number of amides is 2. The lowest BCUT2D eigenvalue weighted by atomic mass is 10.1. The summed E-state index contributed by atoms with van der Waals surface area (Å²) >= 11 is 9.14. The van der Waals surface area contributed by atoms with E-state index in [4.69, 9.17) is 25.8 Å². The van der Waals surface area contributed by atoms with E-state index < -0.39 is 23.7 Å². The highest BCUT2D eigenvalue weighted by atomic mass is 127. The third kappa shape index (κ3) is 6.67. The maximum atomic E-state index is 12.7. The molecule has 180 valence electrons. The normalized spacial score (nSPS) is 14.8. The molecule has 3 rings (SSSR count). The van der Waals surface area contributed by atoms with Gasteiger partial charge in [-0.2, -0.15) is 0 Å². The molecule has 34 heavy (non-hydrogen) atoms. The third-order valence-corrected chi connectivity index (χ3v) is 6.56. The van der Waals surface area contributed by atoms with Gasteiger partial charge in [0, 0.05) is 10.6 Å². The molecule has 1 fully saturated rings. The van der Waals surface area contributed by atoms with Gasteiger partial charge in [0.1, 0.15) is 13.2 Å². The number of hydrogen-bond donors (Lipinski definition) is 0. The quantitative estimate of drug-likeness (QED) is 0.197. The van der Waals surface area contributed by atoms with Gasteiger partial charge in [-0.3, -0.25) is 19.3 Å². The molecule has 10 heteroatoms. The van der Waals surface area contributed by atoms with Crippen molar-refractivity contribution in [3.8, 4) is 11.5 Å². The van der Waals surface area contributed by atoms with Crippen molar-refractivity contribution in [1.29, 1.82) is 0 Å². The van der Waals surface area contributed by atoms with Crippen LogP contribution in [0.1, 0.15) is 31.9 Å². The van der Waals surface area contributed by atoms with Gasteiger partial charge in [0.05, 0.1) is 21.2 Å². The highest BCUT2D eigenvalue weighted by Gasteiger charge is 2.36. The van der Waals surface area contributed by atoms with E-state index in [2.05, 4.69) is 22.6 Å². The summed E-state index contributed by atoms with van der Waals surface area (Å²) in [5, 5.41) is 0.0940. The molecule has 7 nitrogen and oxygen atoms in total. The van der Waals surface area contributed by atoms with Crippen LogP contribution in [0.25, 0.3) is 6.08 Å². The first-order valence-corrected chi connectivity index (χ1v) is 12.7. The van der Waals surface area contributed by atoms with Gasteiger partial charge in [0.2, 0.25) is 0 Å². The summed E-state index contributed by atoms with van der Waals surface area (Å²) in [6.45, 7) is 5.52. The Morgan fingerprint density at radius 3 is 2.62 bits per heavy atom. The van der Waals surface area contributed by atoms with Gasteiger partial charge in [-0.25, -0.2) is 0 Å². The highest BCUT2D eigenvalue weighted by molar-refractivity contribution is 14.1. The minimum Gasteiger partial charge on any atom is -0.490 e. The van der Waals surface area contributed by atoms with Gasteiger partial charge in [0.15, 0.2) is 11.5 Å². The van der Waals surface area contributed by atoms with Crippen LogP contribution in [0.15, 0.2) is 41.3 Å². The molecule has 1 aliphatic heterocycles. The molecule has 1 saturated heterocycles. The first-order chi connectivity index (χ1) is 16.2. The summed E-state index contributed by atoms with van der Waals surface area (Å²) in [5.74, 6) is -0.106. The Morgan fingerprint density at radius 1 is 1.21 bits per heavy atom. The van der Waals surface area contributed by atoms with Crippen molar-refractivity contribution in [3.05, 3.63) is 61.0 Å². The van der Waals surface area contributed by atoms with Crippen LogP contribution in [0, 0.1) is 3.57 Å². The van der Waals surface area contributed by atoms with E-state index in [9.17, 15) is 14.4 Å². The molecular weight excluding hydrogens is 593 g/mol. The second-order valence-corrected chi connectivity index (χ2v) is 10.0. The monoisotopic (exact) mass is 615 g/mol. The highest BCUT2D eigenvalue weighted by Crippen LogP contribution is 2.38. The summed E-state index contributed by atoms with van der Waals surface area (Å²) in [6.07, 6.45) is 1.27. The van der Waals surface area contributed by atoms with Crippen molar-refractivity contribution in [1.82, 2.24) is 4.90 Å². The lowest BCUT2D eigenvalue weighted by Crippen LogP contribution is -2.35. The number of ether oxygens (including phenoxy) is 3. The number of nitrogens with zero attached hydrogens (tertiary/aromatic N) is 1. The molecular formula is C24H23ClINO6S. The number of halogens is 2. The molecule has 0 aromatic heterocycles. The van der Waals surface area contributed by atoms with Crippen molar-refractivity contribution < 1.29 is 28.6 Å². The number of hydrogen-bond acceptors (Lipinski definition) is 7. The number of carbonyl (C=O) groups is 3. The van der Waals surface area contributed by atoms with Gasteiger partial charge >= 0.3 is 5.97 Å². The Balaban J connectivity index is 1.82. The molecule has 0 N–H and O–H groups in total. The molecule has 0 unspecified atom stereocenters. The summed E-state index contributed by atoms with van der Waals surface area (Å²) in [4.78, 5) is 38.1. The second kappa shape index (κ2) is 11.9. The minimum atomic E-state index is -0.633.